The molecule has 1 heterocycles. The smallest absolute Gasteiger partial charge is 0.0617 e. The highest BCUT2D eigenvalue weighted by atomic mass is 35.5. The van der Waals surface area contributed by atoms with Gasteiger partial charge in [-0.05, 0) is 25.1 Å². The Bertz CT molecular complexity index is 383. The fraction of sp³-hybridized carbons (Fsp3) is 0.500. The van der Waals surface area contributed by atoms with Crippen LogP contribution in [-0.4, -0.2) is 23.6 Å². The van der Waals surface area contributed by atoms with Crippen LogP contribution >= 0.6 is 23.4 Å². The summed E-state index contributed by atoms with van der Waals surface area (Å²) >= 11 is 8.05. The van der Waals surface area contributed by atoms with Gasteiger partial charge in [0.15, 0.2) is 0 Å². The Balaban J connectivity index is 2.31. The zero-order valence-corrected chi connectivity index (χ0v) is 11.2. The fourth-order valence-corrected chi connectivity index (χ4v) is 3.30. The van der Waals surface area contributed by atoms with Crippen LogP contribution in [0.5, 0.6) is 0 Å². The largest absolute Gasteiger partial charge is 0.397 e. The van der Waals surface area contributed by atoms with Gasteiger partial charge in [-0.3, -0.25) is 0 Å². The van der Waals surface area contributed by atoms with Crippen molar-refractivity contribution in [2.24, 2.45) is 0 Å². The number of nitrogens with two attached hydrogens (primary N) is 1. The first-order valence-electron chi connectivity index (χ1n) is 5.53. The molecule has 2 rings (SSSR count). The average Bonchev–Trinajstić information content (AvgIpc) is 2.26. The maximum Gasteiger partial charge on any atom is 0.0617 e. The predicted molar refractivity (Wildman–Crippen MR) is 74.6 cm³/mol. The molecule has 1 aromatic carbocycles. The highest BCUT2D eigenvalue weighted by Gasteiger charge is 2.26. The lowest BCUT2D eigenvalue weighted by molar-refractivity contribution is 0.628. The van der Waals surface area contributed by atoms with Gasteiger partial charge in [-0.25, -0.2) is 0 Å². The molecule has 0 saturated carbocycles. The van der Waals surface area contributed by atoms with E-state index >= 15 is 0 Å². The summed E-state index contributed by atoms with van der Waals surface area (Å²) in [6.45, 7) is 5.56. The van der Waals surface area contributed by atoms with Crippen molar-refractivity contribution in [1.29, 1.82) is 0 Å². The second-order valence-electron chi connectivity index (χ2n) is 4.21. The van der Waals surface area contributed by atoms with Crippen LogP contribution in [0.3, 0.4) is 0 Å². The van der Waals surface area contributed by atoms with Crippen LogP contribution < -0.4 is 10.6 Å². The Kier molecular flexibility index (Phi) is 3.55. The third kappa shape index (κ3) is 2.25. The normalized spacial score (nSPS) is 25.8. The Hall–Kier alpha value is -0.540. The highest BCUT2D eigenvalue weighted by Crippen LogP contribution is 2.33. The molecular formula is C12H17ClN2S. The number of nitrogens with zero attached hydrogens (tertiary/aromatic N) is 1. The summed E-state index contributed by atoms with van der Waals surface area (Å²) in [4.78, 5) is 2.36. The van der Waals surface area contributed by atoms with Gasteiger partial charge in [0.2, 0.25) is 0 Å². The summed E-state index contributed by atoms with van der Waals surface area (Å²) in [5, 5.41) is 1.38. The molecule has 88 valence electrons. The van der Waals surface area contributed by atoms with Crippen molar-refractivity contribution in [3.63, 3.8) is 0 Å². The van der Waals surface area contributed by atoms with Gasteiger partial charge in [-0.15, -0.1) is 0 Å². The lowest BCUT2D eigenvalue weighted by Gasteiger charge is -2.39. The summed E-state index contributed by atoms with van der Waals surface area (Å²) in [5.74, 6) is 1.15. The minimum atomic E-state index is 0.500. The van der Waals surface area contributed by atoms with E-state index in [1.807, 2.05) is 30.0 Å². The van der Waals surface area contributed by atoms with E-state index in [1.165, 1.54) is 0 Å². The molecule has 0 aliphatic carbocycles. The quantitative estimate of drug-likeness (QED) is 0.782. The number of benzene rings is 1. The van der Waals surface area contributed by atoms with Crippen molar-refractivity contribution >= 4 is 34.7 Å². The van der Waals surface area contributed by atoms with Gasteiger partial charge in [0.25, 0.3) is 0 Å². The van der Waals surface area contributed by atoms with Crippen LogP contribution in [-0.2, 0) is 0 Å². The van der Waals surface area contributed by atoms with E-state index in [9.17, 15) is 0 Å². The summed E-state index contributed by atoms with van der Waals surface area (Å²) in [7, 11) is 0. The number of rotatable bonds is 1. The minimum Gasteiger partial charge on any atom is -0.397 e. The first-order chi connectivity index (χ1) is 7.59. The van der Waals surface area contributed by atoms with Gasteiger partial charge >= 0.3 is 0 Å². The molecule has 1 aliphatic rings. The maximum absolute atomic E-state index is 6.03. The number of anilines is 2. The standard InChI is InChI=1S/C12H17ClN2S/c1-8-9(2)16-6-5-15(8)12-7-10(13)3-4-11(12)14/h3-4,7-9H,5-6,14H2,1-2H3. The molecule has 0 aromatic heterocycles. The van der Waals surface area contributed by atoms with Gasteiger partial charge in [-0.1, -0.05) is 18.5 Å². The number of thioether (sulfide) groups is 1. The van der Waals surface area contributed by atoms with Gasteiger partial charge in [0.05, 0.1) is 11.4 Å². The van der Waals surface area contributed by atoms with E-state index < -0.39 is 0 Å². The van der Waals surface area contributed by atoms with E-state index in [4.69, 9.17) is 17.3 Å². The molecule has 16 heavy (non-hydrogen) atoms. The third-order valence-electron chi connectivity index (χ3n) is 3.19. The second-order valence-corrected chi connectivity index (χ2v) is 6.13. The van der Waals surface area contributed by atoms with Crippen molar-refractivity contribution in [2.45, 2.75) is 25.1 Å². The maximum atomic E-state index is 6.03. The molecule has 0 amide bonds. The zero-order chi connectivity index (χ0) is 11.7. The van der Waals surface area contributed by atoms with Gasteiger partial charge < -0.3 is 10.6 Å². The highest BCUT2D eigenvalue weighted by molar-refractivity contribution is 8.00. The zero-order valence-electron chi connectivity index (χ0n) is 9.61. The molecule has 2 N–H and O–H groups in total. The SMILES string of the molecule is CC1SCCN(c2cc(Cl)ccc2N)C1C. The number of hydrogen-bond donors (Lipinski definition) is 1. The fourth-order valence-electron chi connectivity index (χ4n) is 2.04. The topological polar surface area (TPSA) is 29.3 Å². The summed E-state index contributed by atoms with van der Waals surface area (Å²) in [5.41, 5.74) is 7.91. The Morgan fingerprint density at radius 3 is 2.94 bits per heavy atom. The summed E-state index contributed by atoms with van der Waals surface area (Å²) in [6.07, 6.45) is 0. The molecule has 0 radical (unpaired) electrons. The van der Waals surface area contributed by atoms with Crippen LogP contribution in [0, 0.1) is 0 Å². The first kappa shape index (κ1) is 11.9. The predicted octanol–water partition coefficient (Wildman–Crippen LogP) is 3.25. The molecule has 4 heteroatoms. The van der Waals surface area contributed by atoms with E-state index in [2.05, 4.69) is 18.7 Å². The van der Waals surface area contributed by atoms with E-state index in [1.54, 1.807) is 0 Å². The van der Waals surface area contributed by atoms with Crippen molar-refractivity contribution in [2.75, 3.05) is 22.9 Å². The van der Waals surface area contributed by atoms with Gasteiger partial charge in [-0.2, -0.15) is 11.8 Å². The van der Waals surface area contributed by atoms with Gasteiger partial charge in [0.1, 0.15) is 0 Å². The molecule has 1 aliphatic heterocycles. The van der Waals surface area contributed by atoms with Crippen LogP contribution in [0.25, 0.3) is 0 Å². The molecular weight excluding hydrogens is 240 g/mol. The van der Waals surface area contributed by atoms with Crippen molar-refractivity contribution in [1.82, 2.24) is 0 Å². The van der Waals surface area contributed by atoms with Crippen molar-refractivity contribution in [3.8, 4) is 0 Å². The molecule has 0 bridgehead atoms. The monoisotopic (exact) mass is 256 g/mol. The molecule has 1 aromatic rings. The minimum absolute atomic E-state index is 0.500. The number of hydrogen-bond acceptors (Lipinski definition) is 3. The molecule has 1 fully saturated rings. The lowest BCUT2D eigenvalue weighted by Crippen LogP contribution is -2.45. The number of nitrogen functional groups attached to an aromatic ring is 1. The van der Waals surface area contributed by atoms with Crippen LogP contribution in [0.1, 0.15) is 13.8 Å². The van der Waals surface area contributed by atoms with Crippen LogP contribution in [0.2, 0.25) is 5.02 Å². The number of halogens is 1. The second kappa shape index (κ2) is 4.76. The Morgan fingerprint density at radius 2 is 2.19 bits per heavy atom. The molecule has 2 atom stereocenters. The molecule has 0 spiro atoms. The van der Waals surface area contributed by atoms with E-state index in [0.717, 1.165) is 28.7 Å². The molecule has 2 unspecified atom stereocenters. The third-order valence-corrected chi connectivity index (χ3v) is 4.76. The summed E-state index contributed by atoms with van der Waals surface area (Å²) < 4.78 is 0. The molecule has 1 saturated heterocycles. The van der Waals surface area contributed by atoms with Crippen LogP contribution in [0.15, 0.2) is 18.2 Å². The van der Waals surface area contributed by atoms with Crippen molar-refractivity contribution in [3.05, 3.63) is 23.2 Å². The van der Waals surface area contributed by atoms with Crippen molar-refractivity contribution < 1.29 is 0 Å². The Labute approximate surface area is 106 Å². The van der Waals surface area contributed by atoms with E-state index in [0.29, 0.717) is 11.3 Å². The lowest BCUT2D eigenvalue weighted by atomic mass is 10.1. The molecule has 2 nitrogen and oxygen atoms in total. The van der Waals surface area contributed by atoms with E-state index in [-0.39, 0.29) is 0 Å². The Morgan fingerprint density at radius 1 is 1.44 bits per heavy atom. The first-order valence-corrected chi connectivity index (χ1v) is 6.95. The van der Waals surface area contributed by atoms with Crippen LogP contribution in [0.4, 0.5) is 11.4 Å². The van der Waals surface area contributed by atoms with Gasteiger partial charge in [0, 0.05) is 28.6 Å². The average molecular weight is 257 g/mol. The summed E-state index contributed by atoms with van der Waals surface area (Å²) in [6, 6.07) is 6.19.